The first kappa shape index (κ1) is 22.2. The summed E-state index contributed by atoms with van der Waals surface area (Å²) in [7, 11) is 1.65. The van der Waals surface area contributed by atoms with Crippen LogP contribution in [0.5, 0.6) is 11.5 Å². The van der Waals surface area contributed by atoms with Crippen LogP contribution < -0.4 is 9.47 Å². The van der Waals surface area contributed by atoms with Crippen LogP contribution in [0.1, 0.15) is 12.7 Å². The molecule has 0 saturated carbocycles. The predicted octanol–water partition coefficient (Wildman–Crippen LogP) is 5.75. The molecule has 2 aromatic carbocycles. The van der Waals surface area contributed by atoms with E-state index in [4.69, 9.17) is 14.0 Å². The van der Waals surface area contributed by atoms with Gasteiger partial charge in [0.15, 0.2) is 16.8 Å². The van der Waals surface area contributed by atoms with Crippen molar-refractivity contribution in [1.82, 2.24) is 24.9 Å². The summed E-state index contributed by atoms with van der Waals surface area (Å²) in [6, 6.07) is 17.6. The molecule has 0 saturated heterocycles. The van der Waals surface area contributed by atoms with Gasteiger partial charge in [-0.25, -0.2) is 0 Å². The van der Waals surface area contributed by atoms with Crippen molar-refractivity contribution in [3.05, 3.63) is 71.2 Å². The second-order valence-electron chi connectivity index (χ2n) is 7.12. The summed E-state index contributed by atoms with van der Waals surface area (Å²) in [4.78, 5) is 4.51. The fourth-order valence-electron chi connectivity index (χ4n) is 3.35. The van der Waals surface area contributed by atoms with E-state index in [1.165, 1.54) is 11.8 Å². The van der Waals surface area contributed by atoms with Crippen LogP contribution in [-0.2, 0) is 5.75 Å². The summed E-state index contributed by atoms with van der Waals surface area (Å²) < 4.78 is 18.4. The molecule has 34 heavy (non-hydrogen) atoms. The molecule has 8 nitrogen and oxygen atoms in total. The third-order valence-electron chi connectivity index (χ3n) is 4.93. The van der Waals surface area contributed by atoms with Gasteiger partial charge >= 0.3 is 0 Å². The highest BCUT2D eigenvalue weighted by Crippen LogP contribution is 2.32. The number of hydrogen-bond donors (Lipinski definition) is 0. The highest BCUT2D eigenvalue weighted by Gasteiger charge is 2.18. The maximum atomic E-state index is 5.60. The summed E-state index contributed by atoms with van der Waals surface area (Å²) >= 11 is 3.08. The molecule has 0 amide bonds. The number of thioether (sulfide) groups is 1. The molecule has 172 valence electrons. The Morgan fingerprint density at radius 3 is 2.68 bits per heavy atom. The van der Waals surface area contributed by atoms with Gasteiger partial charge in [0.2, 0.25) is 0 Å². The molecule has 3 aromatic heterocycles. The minimum absolute atomic E-state index is 0.487. The van der Waals surface area contributed by atoms with Gasteiger partial charge in [0, 0.05) is 16.6 Å². The van der Waals surface area contributed by atoms with Gasteiger partial charge in [-0.15, -0.1) is 10.2 Å². The molecule has 0 fully saturated rings. The molecule has 0 aliphatic heterocycles. The zero-order valence-corrected chi connectivity index (χ0v) is 20.2. The Morgan fingerprint density at radius 2 is 1.91 bits per heavy atom. The molecule has 0 spiro atoms. The summed E-state index contributed by atoms with van der Waals surface area (Å²) in [5, 5.41) is 17.8. The minimum atomic E-state index is 0.487. The zero-order chi connectivity index (χ0) is 23.3. The van der Waals surface area contributed by atoms with E-state index in [2.05, 4.69) is 20.3 Å². The third-order valence-corrected chi connectivity index (χ3v) is 6.54. The monoisotopic (exact) mass is 491 g/mol. The maximum absolute atomic E-state index is 5.60. The van der Waals surface area contributed by atoms with Crippen LogP contribution in [0, 0.1) is 0 Å². The Labute approximate surface area is 204 Å². The van der Waals surface area contributed by atoms with Crippen molar-refractivity contribution in [2.75, 3.05) is 13.7 Å². The summed E-state index contributed by atoms with van der Waals surface area (Å²) in [6.07, 6.45) is 0. The molecule has 5 aromatic rings. The Morgan fingerprint density at radius 1 is 1.03 bits per heavy atom. The fraction of sp³-hybridized carbons (Fsp3) is 0.167. The number of benzene rings is 2. The lowest BCUT2D eigenvalue weighted by Crippen LogP contribution is -2.01. The van der Waals surface area contributed by atoms with E-state index in [9.17, 15) is 0 Å². The van der Waals surface area contributed by atoms with Crippen molar-refractivity contribution in [1.29, 1.82) is 0 Å². The second kappa shape index (κ2) is 10.1. The van der Waals surface area contributed by atoms with Gasteiger partial charge in [-0.2, -0.15) is 16.3 Å². The first-order valence-corrected chi connectivity index (χ1v) is 12.5. The lowest BCUT2D eigenvalue weighted by Gasteiger charge is -2.11. The van der Waals surface area contributed by atoms with Gasteiger partial charge in [-0.05, 0) is 54.8 Å². The van der Waals surface area contributed by atoms with Gasteiger partial charge in [-0.1, -0.05) is 29.1 Å². The normalized spacial score (nSPS) is 11.0. The molecule has 0 N–H and O–H groups in total. The van der Waals surface area contributed by atoms with E-state index in [0.29, 0.717) is 35.1 Å². The van der Waals surface area contributed by atoms with Gasteiger partial charge in [0.05, 0.1) is 25.0 Å². The van der Waals surface area contributed by atoms with E-state index in [0.717, 1.165) is 28.3 Å². The Bertz CT molecular complexity index is 1360. The molecule has 0 aliphatic carbocycles. The van der Waals surface area contributed by atoms with Crippen molar-refractivity contribution >= 4 is 23.1 Å². The third kappa shape index (κ3) is 4.68. The number of ether oxygens (including phenoxy) is 2. The van der Waals surface area contributed by atoms with Crippen molar-refractivity contribution in [3.8, 4) is 40.0 Å². The SMILES string of the molecule is CCOc1ccc(-n2c(SCc3noc(-c4ccsc4)n3)nnc2-c2cccc(OC)c2)cc1. The van der Waals surface area contributed by atoms with E-state index >= 15 is 0 Å². The average molecular weight is 492 g/mol. The quantitative estimate of drug-likeness (QED) is 0.241. The van der Waals surface area contributed by atoms with Crippen molar-refractivity contribution in [2.45, 2.75) is 17.8 Å². The molecule has 3 heterocycles. The lowest BCUT2D eigenvalue weighted by molar-refractivity contribution is 0.340. The summed E-state index contributed by atoms with van der Waals surface area (Å²) in [5.74, 6) is 3.86. The topological polar surface area (TPSA) is 88.1 Å². The van der Waals surface area contributed by atoms with Gasteiger partial charge in [0.25, 0.3) is 5.89 Å². The minimum Gasteiger partial charge on any atom is -0.497 e. The van der Waals surface area contributed by atoms with Gasteiger partial charge in [0.1, 0.15) is 11.5 Å². The molecule has 0 bridgehead atoms. The lowest BCUT2D eigenvalue weighted by atomic mass is 10.2. The fourth-order valence-corrected chi connectivity index (χ4v) is 4.77. The number of nitrogens with zero attached hydrogens (tertiary/aromatic N) is 5. The largest absolute Gasteiger partial charge is 0.497 e. The van der Waals surface area contributed by atoms with Crippen LogP contribution in [0.4, 0.5) is 0 Å². The highest BCUT2D eigenvalue weighted by molar-refractivity contribution is 7.98. The van der Waals surface area contributed by atoms with E-state index in [1.807, 2.05) is 76.8 Å². The van der Waals surface area contributed by atoms with Crippen LogP contribution >= 0.6 is 23.1 Å². The first-order valence-electron chi connectivity index (χ1n) is 10.6. The number of rotatable bonds is 9. The molecular formula is C24H21N5O3S2. The van der Waals surface area contributed by atoms with E-state index in [-0.39, 0.29) is 0 Å². The molecule has 0 atom stereocenters. The second-order valence-corrected chi connectivity index (χ2v) is 8.84. The Hall–Kier alpha value is -3.63. The van der Waals surface area contributed by atoms with Crippen LogP contribution in [-0.4, -0.2) is 38.6 Å². The predicted molar refractivity (Wildman–Crippen MR) is 132 cm³/mol. The average Bonchev–Trinajstić information content (AvgIpc) is 3.64. The van der Waals surface area contributed by atoms with Gasteiger partial charge in [-0.3, -0.25) is 4.57 Å². The number of thiophene rings is 1. The molecular weight excluding hydrogens is 470 g/mol. The summed E-state index contributed by atoms with van der Waals surface area (Å²) in [6.45, 7) is 2.57. The van der Waals surface area contributed by atoms with E-state index in [1.54, 1.807) is 18.4 Å². The van der Waals surface area contributed by atoms with Crippen molar-refractivity contribution in [3.63, 3.8) is 0 Å². The Balaban J connectivity index is 1.47. The number of methoxy groups -OCH3 is 1. The molecule has 0 aliphatic rings. The van der Waals surface area contributed by atoms with Crippen LogP contribution in [0.2, 0.25) is 0 Å². The standard InChI is InChI=1S/C24H21N5O3S2/c1-3-31-19-9-7-18(8-10-19)29-22(16-5-4-6-20(13-16)30-2)26-27-24(29)34-15-21-25-23(32-28-21)17-11-12-33-14-17/h4-14H,3,15H2,1-2H3. The summed E-state index contributed by atoms with van der Waals surface area (Å²) in [5.41, 5.74) is 2.74. The molecule has 0 radical (unpaired) electrons. The van der Waals surface area contributed by atoms with Crippen molar-refractivity contribution < 1.29 is 14.0 Å². The van der Waals surface area contributed by atoms with Crippen LogP contribution in [0.25, 0.3) is 28.5 Å². The molecule has 5 rings (SSSR count). The molecule has 0 unspecified atom stereocenters. The van der Waals surface area contributed by atoms with E-state index < -0.39 is 0 Å². The van der Waals surface area contributed by atoms with Crippen LogP contribution in [0.3, 0.4) is 0 Å². The van der Waals surface area contributed by atoms with Crippen molar-refractivity contribution in [2.24, 2.45) is 0 Å². The Kier molecular flexibility index (Phi) is 6.59. The number of aromatic nitrogens is 5. The zero-order valence-electron chi connectivity index (χ0n) is 18.5. The first-order chi connectivity index (χ1) is 16.7. The highest BCUT2D eigenvalue weighted by atomic mass is 32.2. The maximum Gasteiger partial charge on any atom is 0.258 e. The van der Waals surface area contributed by atoms with Crippen LogP contribution in [0.15, 0.2) is 75.0 Å². The van der Waals surface area contributed by atoms with Gasteiger partial charge < -0.3 is 14.0 Å². The smallest absolute Gasteiger partial charge is 0.258 e. The molecule has 10 heteroatoms. The number of hydrogen-bond acceptors (Lipinski definition) is 9.